The minimum atomic E-state index is -0.181. The molecular weight excluding hydrogens is 220 g/mol. The van der Waals surface area contributed by atoms with Crippen LogP contribution in [0.15, 0.2) is 36.9 Å². The average molecular weight is 234 g/mol. The van der Waals surface area contributed by atoms with Gasteiger partial charge in [-0.1, -0.05) is 12.1 Å². The van der Waals surface area contributed by atoms with Crippen LogP contribution in [0.25, 0.3) is 0 Å². The van der Waals surface area contributed by atoms with E-state index in [1.165, 1.54) is 17.3 Å². The molecule has 6 heteroatoms. The molecule has 2 rings (SSSR count). The van der Waals surface area contributed by atoms with Gasteiger partial charge in [-0.05, 0) is 12.1 Å². The lowest BCUT2D eigenvalue weighted by atomic mass is 10.3. The van der Waals surface area contributed by atoms with Gasteiger partial charge in [0.1, 0.15) is 24.9 Å². The number of benzene rings is 1. The summed E-state index contributed by atoms with van der Waals surface area (Å²) in [4.78, 5) is 15.5. The number of carbonyl (C=O) groups excluding carboxylic acids is 1. The normalized spacial score (nSPS) is 9.94. The lowest BCUT2D eigenvalue weighted by molar-refractivity contribution is -0.116. The molecule has 0 aliphatic heterocycles. The van der Waals surface area contributed by atoms with Crippen LogP contribution < -0.4 is 10.1 Å². The maximum atomic E-state index is 11.7. The van der Waals surface area contributed by atoms with Crippen LogP contribution in [0.4, 0.5) is 5.69 Å². The van der Waals surface area contributed by atoms with Crippen LogP contribution in [0.1, 0.15) is 1.43 Å². The molecule has 0 aliphatic rings. The Hall–Kier alpha value is -2.37. The van der Waals surface area contributed by atoms with Gasteiger partial charge in [0.2, 0.25) is 5.91 Å². The fourth-order valence-corrected chi connectivity index (χ4v) is 1.40. The predicted molar refractivity (Wildman–Crippen MR) is 63.8 cm³/mol. The SMILES string of the molecule is COc1ccccc1NC(=O)Cn1cncn1.[HH]. The number of amides is 1. The topological polar surface area (TPSA) is 69.0 Å². The molecule has 17 heavy (non-hydrogen) atoms. The number of nitrogens with one attached hydrogen (secondary N) is 1. The van der Waals surface area contributed by atoms with Crippen molar-refractivity contribution in [2.45, 2.75) is 6.54 Å². The number of nitrogens with zero attached hydrogens (tertiary/aromatic N) is 3. The van der Waals surface area contributed by atoms with E-state index < -0.39 is 0 Å². The number of aromatic nitrogens is 3. The molecule has 0 radical (unpaired) electrons. The van der Waals surface area contributed by atoms with E-state index in [1.807, 2.05) is 12.1 Å². The lowest BCUT2D eigenvalue weighted by Crippen LogP contribution is -2.19. The van der Waals surface area contributed by atoms with E-state index in [0.717, 1.165) is 0 Å². The second-order valence-corrected chi connectivity index (χ2v) is 3.34. The van der Waals surface area contributed by atoms with Gasteiger partial charge < -0.3 is 10.1 Å². The molecule has 0 saturated heterocycles. The van der Waals surface area contributed by atoms with Crippen LogP contribution in [0.2, 0.25) is 0 Å². The second kappa shape index (κ2) is 5.11. The average Bonchev–Trinajstić information content (AvgIpc) is 2.82. The Bertz CT molecular complexity index is 502. The van der Waals surface area contributed by atoms with E-state index in [9.17, 15) is 4.79 Å². The van der Waals surface area contributed by atoms with E-state index in [-0.39, 0.29) is 13.9 Å². The smallest absolute Gasteiger partial charge is 0.246 e. The molecular formula is C11H14N4O2. The first-order valence-corrected chi connectivity index (χ1v) is 5.05. The predicted octanol–water partition coefficient (Wildman–Crippen LogP) is 1.17. The van der Waals surface area contributed by atoms with Crippen molar-refractivity contribution in [1.82, 2.24) is 14.8 Å². The van der Waals surface area contributed by atoms with Crippen molar-refractivity contribution in [1.29, 1.82) is 0 Å². The van der Waals surface area contributed by atoms with Crippen molar-refractivity contribution in [3.8, 4) is 5.75 Å². The summed E-state index contributed by atoms with van der Waals surface area (Å²) in [5.41, 5.74) is 0.639. The largest absolute Gasteiger partial charge is 0.495 e. The molecule has 0 atom stereocenters. The molecule has 90 valence electrons. The van der Waals surface area contributed by atoms with E-state index in [1.54, 1.807) is 19.2 Å². The Morgan fingerprint density at radius 1 is 1.53 bits per heavy atom. The summed E-state index contributed by atoms with van der Waals surface area (Å²) >= 11 is 0. The van der Waals surface area contributed by atoms with Crippen molar-refractivity contribution < 1.29 is 11.0 Å². The van der Waals surface area contributed by atoms with Crippen LogP contribution in [0.3, 0.4) is 0 Å². The number of anilines is 1. The maximum absolute atomic E-state index is 11.7. The minimum absolute atomic E-state index is 0. The Labute approximate surface area is 99.7 Å². The molecule has 0 unspecified atom stereocenters. The van der Waals surface area contributed by atoms with Crippen LogP contribution in [0, 0.1) is 0 Å². The minimum Gasteiger partial charge on any atom is -0.495 e. The highest BCUT2D eigenvalue weighted by Crippen LogP contribution is 2.22. The summed E-state index contributed by atoms with van der Waals surface area (Å²) in [6.07, 6.45) is 2.87. The zero-order valence-corrected chi connectivity index (χ0v) is 9.33. The van der Waals surface area contributed by atoms with Crippen molar-refractivity contribution in [3.05, 3.63) is 36.9 Å². The van der Waals surface area contributed by atoms with E-state index in [4.69, 9.17) is 4.74 Å². The third-order valence-electron chi connectivity index (χ3n) is 2.15. The summed E-state index contributed by atoms with van der Waals surface area (Å²) in [5, 5.41) is 6.60. The number of hydrogen-bond donors (Lipinski definition) is 1. The summed E-state index contributed by atoms with van der Waals surface area (Å²) in [5.74, 6) is 0.444. The standard InChI is InChI=1S/C11H12N4O2.H2/c1-17-10-5-3-2-4-9(10)14-11(16)6-15-8-12-7-13-15;/h2-5,7-8H,6H2,1H3,(H,14,16);1H. The summed E-state index contributed by atoms with van der Waals surface area (Å²) in [6.45, 7) is 0.123. The molecule has 1 N–H and O–H groups in total. The van der Waals surface area contributed by atoms with E-state index in [2.05, 4.69) is 15.4 Å². The summed E-state index contributed by atoms with van der Waals surface area (Å²) in [6, 6.07) is 7.22. The van der Waals surface area contributed by atoms with Gasteiger partial charge in [0.25, 0.3) is 0 Å². The zero-order valence-electron chi connectivity index (χ0n) is 9.33. The highest BCUT2D eigenvalue weighted by Gasteiger charge is 2.07. The van der Waals surface area contributed by atoms with Gasteiger partial charge in [0.15, 0.2) is 0 Å². The monoisotopic (exact) mass is 234 g/mol. The highest BCUT2D eigenvalue weighted by molar-refractivity contribution is 5.92. The molecule has 6 nitrogen and oxygen atoms in total. The first-order chi connectivity index (χ1) is 8.29. The number of ether oxygens (including phenoxy) is 1. The first-order valence-electron chi connectivity index (χ1n) is 5.05. The third-order valence-corrected chi connectivity index (χ3v) is 2.15. The zero-order chi connectivity index (χ0) is 12.1. The molecule has 0 spiro atoms. The Morgan fingerprint density at radius 2 is 2.35 bits per heavy atom. The van der Waals surface area contributed by atoms with E-state index >= 15 is 0 Å². The van der Waals surface area contributed by atoms with Crippen molar-refractivity contribution in [3.63, 3.8) is 0 Å². The maximum Gasteiger partial charge on any atom is 0.246 e. The molecule has 1 heterocycles. The molecule has 0 fully saturated rings. The molecule has 1 amide bonds. The van der Waals surface area contributed by atoms with Gasteiger partial charge >= 0.3 is 0 Å². The number of carbonyl (C=O) groups is 1. The van der Waals surface area contributed by atoms with Gasteiger partial charge in [-0.2, -0.15) is 5.10 Å². The number of rotatable bonds is 4. The summed E-state index contributed by atoms with van der Waals surface area (Å²) < 4.78 is 6.58. The van der Waals surface area contributed by atoms with Crippen LogP contribution in [-0.4, -0.2) is 27.8 Å². The molecule has 1 aromatic carbocycles. The van der Waals surface area contributed by atoms with Crippen molar-refractivity contribution in [2.75, 3.05) is 12.4 Å². The quantitative estimate of drug-likeness (QED) is 0.862. The molecule has 2 aromatic rings. The number of para-hydroxylation sites is 2. The van der Waals surface area contributed by atoms with Gasteiger partial charge in [0, 0.05) is 1.43 Å². The fourth-order valence-electron chi connectivity index (χ4n) is 1.40. The second-order valence-electron chi connectivity index (χ2n) is 3.34. The third kappa shape index (κ3) is 2.81. The Kier molecular flexibility index (Phi) is 3.34. The molecule has 0 aliphatic carbocycles. The van der Waals surface area contributed by atoms with Crippen molar-refractivity contribution in [2.24, 2.45) is 0 Å². The molecule has 0 bridgehead atoms. The lowest BCUT2D eigenvalue weighted by Gasteiger charge is -2.09. The van der Waals surface area contributed by atoms with Crippen LogP contribution >= 0.6 is 0 Å². The Balaban J connectivity index is 0.00000162. The molecule has 0 saturated carbocycles. The highest BCUT2D eigenvalue weighted by atomic mass is 16.5. The van der Waals surface area contributed by atoms with Crippen molar-refractivity contribution >= 4 is 11.6 Å². The first kappa shape index (κ1) is 11.1. The fraction of sp³-hybridized carbons (Fsp3) is 0.182. The molecule has 1 aromatic heterocycles. The van der Waals surface area contributed by atoms with Gasteiger partial charge in [0.05, 0.1) is 12.8 Å². The number of hydrogen-bond acceptors (Lipinski definition) is 4. The van der Waals surface area contributed by atoms with E-state index in [0.29, 0.717) is 11.4 Å². The van der Waals surface area contributed by atoms with Gasteiger partial charge in [-0.15, -0.1) is 0 Å². The van der Waals surface area contributed by atoms with Crippen LogP contribution in [-0.2, 0) is 11.3 Å². The van der Waals surface area contributed by atoms with Gasteiger partial charge in [-0.25, -0.2) is 9.67 Å². The Morgan fingerprint density at radius 3 is 3.06 bits per heavy atom. The summed E-state index contributed by atoms with van der Waals surface area (Å²) in [7, 11) is 1.56. The van der Waals surface area contributed by atoms with Gasteiger partial charge in [-0.3, -0.25) is 4.79 Å². The van der Waals surface area contributed by atoms with Crippen LogP contribution in [0.5, 0.6) is 5.75 Å². The number of methoxy groups -OCH3 is 1.